The average Bonchev–Trinajstić information content (AvgIpc) is 3.05. The van der Waals surface area contributed by atoms with Crippen molar-refractivity contribution >= 4 is 23.2 Å². The van der Waals surface area contributed by atoms with Crippen LogP contribution in [0, 0.1) is 11.6 Å². The molecule has 0 spiro atoms. The molecule has 0 radical (unpaired) electrons. The highest BCUT2D eigenvalue weighted by Crippen LogP contribution is 2.24. The van der Waals surface area contributed by atoms with Crippen molar-refractivity contribution in [1.29, 1.82) is 0 Å². The Hall–Kier alpha value is -2.94. The van der Waals surface area contributed by atoms with Gasteiger partial charge in [0, 0.05) is 13.1 Å². The van der Waals surface area contributed by atoms with Gasteiger partial charge in [0.15, 0.2) is 17.3 Å². The molecule has 10 heteroatoms. The summed E-state index contributed by atoms with van der Waals surface area (Å²) in [5.41, 5.74) is -0.241. The number of carbonyl (C=O) groups excluding carboxylic acids is 1. The second-order valence-electron chi connectivity index (χ2n) is 4.83. The minimum Gasteiger partial charge on any atom is -0.504 e. The molecule has 0 atom stereocenters. The first-order chi connectivity index (χ1) is 11.4. The molecule has 1 amide bonds. The minimum atomic E-state index is -0.889. The Morgan fingerprint density at radius 2 is 2.12 bits per heavy atom. The maximum Gasteiger partial charge on any atom is 0.280 e. The van der Waals surface area contributed by atoms with Gasteiger partial charge in [-0.1, -0.05) is 11.6 Å². The molecular formula is C14H10ClF2N5O2. The normalized spacial score (nSPS) is 10.8. The van der Waals surface area contributed by atoms with Gasteiger partial charge in [0.1, 0.15) is 16.7 Å². The molecule has 24 heavy (non-hydrogen) atoms. The summed E-state index contributed by atoms with van der Waals surface area (Å²) in [6.45, 7) is 0. The van der Waals surface area contributed by atoms with E-state index in [0.717, 1.165) is 23.0 Å². The number of nitrogens with one attached hydrogen (secondary N) is 1. The van der Waals surface area contributed by atoms with E-state index in [-0.39, 0.29) is 22.2 Å². The topological polar surface area (TPSA) is 85.0 Å². The molecule has 0 unspecified atom stereocenters. The van der Waals surface area contributed by atoms with Gasteiger partial charge in [-0.05, 0) is 12.1 Å². The minimum absolute atomic E-state index is 0.120. The molecular weight excluding hydrogens is 344 g/mol. The van der Waals surface area contributed by atoms with Gasteiger partial charge in [0.25, 0.3) is 5.91 Å². The van der Waals surface area contributed by atoms with E-state index in [4.69, 9.17) is 11.6 Å². The molecule has 3 aromatic rings. The van der Waals surface area contributed by atoms with Gasteiger partial charge in [0.05, 0.1) is 18.1 Å². The van der Waals surface area contributed by atoms with E-state index in [1.807, 2.05) is 0 Å². The Bertz CT molecular complexity index is 937. The molecule has 124 valence electrons. The quantitative estimate of drug-likeness (QED) is 0.757. The van der Waals surface area contributed by atoms with Crippen LogP contribution in [0.2, 0.25) is 5.15 Å². The molecule has 0 aliphatic rings. The highest BCUT2D eigenvalue weighted by atomic mass is 35.5. The standard InChI is InChI=1S/C14H10ClF2N5O2/c1-21-13(15)9(5-18-21)19-14(24)12-11(23)6-22(20-12)10-3-2-7(16)4-8(10)17/h2-6,23H,1H3,(H,19,24). The van der Waals surface area contributed by atoms with Crippen molar-refractivity contribution in [2.75, 3.05) is 5.32 Å². The van der Waals surface area contributed by atoms with Crippen LogP contribution in [-0.2, 0) is 7.05 Å². The van der Waals surface area contributed by atoms with Gasteiger partial charge in [-0.2, -0.15) is 10.2 Å². The van der Waals surface area contributed by atoms with E-state index >= 15 is 0 Å². The van der Waals surface area contributed by atoms with Crippen LogP contribution in [0.15, 0.2) is 30.6 Å². The van der Waals surface area contributed by atoms with Crippen LogP contribution in [0.4, 0.5) is 14.5 Å². The molecule has 1 aromatic carbocycles. The molecule has 2 aromatic heterocycles. The van der Waals surface area contributed by atoms with Gasteiger partial charge >= 0.3 is 0 Å². The SMILES string of the molecule is Cn1ncc(NC(=O)c2nn(-c3ccc(F)cc3F)cc2O)c1Cl. The third-order valence-electron chi connectivity index (χ3n) is 3.18. The fraction of sp³-hybridized carbons (Fsp3) is 0.0714. The zero-order chi connectivity index (χ0) is 17.4. The van der Waals surface area contributed by atoms with E-state index in [9.17, 15) is 18.7 Å². The van der Waals surface area contributed by atoms with Gasteiger partial charge < -0.3 is 10.4 Å². The second kappa shape index (κ2) is 5.93. The third-order valence-corrected chi connectivity index (χ3v) is 3.63. The molecule has 0 bridgehead atoms. The number of benzene rings is 1. The summed E-state index contributed by atoms with van der Waals surface area (Å²) in [6, 6.07) is 2.84. The smallest absolute Gasteiger partial charge is 0.280 e. The molecule has 0 saturated heterocycles. The monoisotopic (exact) mass is 353 g/mol. The molecule has 7 nitrogen and oxygen atoms in total. The number of aromatic nitrogens is 4. The maximum absolute atomic E-state index is 13.8. The maximum atomic E-state index is 13.8. The Kier molecular flexibility index (Phi) is 3.94. The van der Waals surface area contributed by atoms with Crippen molar-refractivity contribution < 1.29 is 18.7 Å². The lowest BCUT2D eigenvalue weighted by Gasteiger charge is -2.03. The van der Waals surface area contributed by atoms with E-state index in [1.54, 1.807) is 7.05 Å². The van der Waals surface area contributed by atoms with Crippen LogP contribution in [0.1, 0.15) is 10.5 Å². The lowest BCUT2D eigenvalue weighted by molar-refractivity contribution is 0.101. The fourth-order valence-corrected chi connectivity index (χ4v) is 2.14. The Labute approximate surface area is 139 Å². The lowest BCUT2D eigenvalue weighted by Crippen LogP contribution is -2.13. The van der Waals surface area contributed by atoms with E-state index < -0.39 is 23.3 Å². The summed E-state index contributed by atoms with van der Waals surface area (Å²) in [5.74, 6) is -2.88. The fourth-order valence-electron chi connectivity index (χ4n) is 2.00. The van der Waals surface area contributed by atoms with Crippen LogP contribution in [-0.4, -0.2) is 30.6 Å². The van der Waals surface area contributed by atoms with Crippen LogP contribution < -0.4 is 5.32 Å². The third kappa shape index (κ3) is 2.81. The van der Waals surface area contributed by atoms with Crippen molar-refractivity contribution in [3.63, 3.8) is 0 Å². The Morgan fingerprint density at radius 1 is 1.38 bits per heavy atom. The second-order valence-corrected chi connectivity index (χ2v) is 5.19. The number of halogens is 3. The first kappa shape index (κ1) is 15.9. The zero-order valence-electron chi connectivity index (χ0n) is 12.2. The summed E-state index contributed by atoms with van der Waals surface area (Å²) in [4.78, 5) is 12.2. The number of carbonyl (C=O) groups is 1. The predicted molar refractivity (Wildman–Crippen MR) is 81.3 cm³/mol. The lowest BCUT2D eigenvalue weighted by atomic mass is 10.3. The van der Waals surface area contributed by atoms with E-state index in [1.165, 1.54) is 10.9 Å². The summed E-state index contributed by atoms with van der Waals surface area (Å²) in [5, 5.41) is 20.2. The molecule has 3 rings (SSSR count). The molecule has 2 N–H and O–H groups in total. The molecule has 0 aliphatic heterocycles. The zero-order valence-corrected chi connectivity index (χ0v) is 12.9. The van der Waals surface area contributed by atoms with Crippen molar-refractivity contribution in [3.8, 4) is 11.4 Å². The highest BCUT2D eigenvalue weighted by Gasteiger charge is 2.20. The molecule has 0 aliphatic carbocycles. The molecule has 2 heterocycles. The van der Waals surface area contributed by atoms with Crippen LogP contribution in [0.25, 0.3) is 5.69 Å². The number of rotatable bonds is 3. The van der Waals surface area contributed by atoms with Gasteiger partial charge in [-0.15, -0.1) is 0 Å². The first-order valence-electron chi connectivity index (χ1n) is 6.59. The van der Waals surface area contributed by atoms with Crippen molar-refractivity contribution in [3.05, 3.63) is 53.1 Å². The summed E-state index contributed by atoms with van der Waals surface area (Å²) in [7, 11) is 1.58. The van der Waals surface area contributed by atoms with E-state index in [2.05, 4.69) is 15.5 Å². The highest BCUT2D eigenvalue weighted by molar-refractivity contribution is 6.32. The van der Waals surface area contributed by atoms with Crippen LogP contribution >= 0.6 is 11.6 Å². The van der Waals surface area contributed by atoms with Gasteiger partial charge in [0.2, 0.25) is 0 Å². The molecule has 0 fully saturated rings. The number of hydrogen-bond acceptors (Lipinski definition) is 4. The number of nitrogens with zero attached hydrogens (tertiary/aromatic N) is 4. The number of aryl methyl sites for hydroxylation is 1. The van der Waals surface area contributed by atoms with Gasteiger partial charge in [-0.3, -0.25) is 9.48 Å². The van der Waals surface area contributed by atoms with Crippen molar-refractivity contribution in [1.82, 2.24) is 19.6 Å². The first-order valence-corrected chi connectivity index (χ1v) is 6.97. The molecule has 0 saturated carbocycles. The van der Waals surface area contributed by atoms with E-state index in [0.29, 0.717) is 6.07 Å². The Morgan fingerprint density at radius 3 is 2.75 bits per heavy atom. The largest absolute Gasteiger partial charge is 0.504 e. The van der Waals surface area contributed by atoms with Crippen molar-refractivity contribution in [2.45, 2.75) is 0 Å². The van der Waals surface area contributed by atoms with Crippen LogP contribution in [0.3, 0.4) is 0 Å². The van der Waals surface area contributed by atoms with Gasteiger partial charge in [-0.25, -0.2) is 13.5 Å². The summed E-state index contributed by atoms with van der Waals surface area (Å²) >= 11 is 5.93. The predicted octanol–water partition coefficient (Wildman–Crippen LogP) is 2.50. The number of aromatic hydroxyl groups is 1. The number of hydrogen-bond donors (Lipinski definition) is 2. The summed E-state index contributed by atoms with van der Waals surface area (Å²) < 4.78 is 29.0. The van der Waals surface area contributed by atoms with Crippen LogP contribution in [0.5, 0.6) is 5.75 Å². The average molecular weight is 354 g/mol. The Balaban J connectivity index is 1.91. The van der Waals surface area contributed by atoms with Crippen molar-refractivity contribution in [2.24, 2.45) is 7.05 Å². The number of amides is 1. The summed E-state index contributed by atoms with van der Waals surface area (Å²) in [6.07, 6.45) is 2.37. The number of anilines is 1.